The van der Waals surface area contributed by atoms with Gasteiger partial charge in [-0.25, -0.2) is 0 Å². The molecule has 3 N–H and O–H groups in total. The maximum Gasteiger partial charge on any atom is 0.108 e. The van der Waals surface area contributed by atoms with Crippen LogP contribution in [-0.2, 0) is 0 Å². The van der Waals surface area contributed by atoms with Crippen LogP contribution in [-0.4, -0.2) is 54.9 Å². The van der Waals surface area contributed by atoms with Gasteiger partial charge in [0, 0.05) is 12.6 Å². The Morgan fingerprint density at radius 1 is 1.64 bits per heavy atom. The van der Waals surface area contributed by atoms with Gasteiger partial charge in [0.25, 0.3) is 0 Å². The van der Waals surface area contributed by atoms with Gasteiger partial charge < -0.3 is 10.6 Å². The number of nitrogens with one attached hydrogen (secondary N) is 1. The molecule has 4 heteroatoms. The lowest BCUT2D eigenvalue weighted by Crippen LogP contribution is -2.51. The van der Waals surface area contributed by atoms with Gasteiger partial charge in [-0.05, 0) is 40.4 Å². The van der Waals surface area contributed by atoms with Gasteiger partial charge in [0.2, 0.25) is 0 Å². The van der Waals surface area contributed by atoms with Gasteiger partial charge in [-0.2, -0.15) is 0 Å². The van der Waals surface area contributed by atoms with E-state index in [2.05, 4.69) is 23.9 Å². The molecule has 82 valence electrons. The number of likely N-dealkylation sites (N-methyl/N-ethyl adjacent to an activating group) is 2. The summed E-state index contributed by atoms with van der Waals surface area (Å²) in [7, 11) is 4.22. The zero-order valence-electron chi connectivity index (χ0n) is 9.45. The molecule has 0 radical (unpaired) electrons. The molecule has 1 aliphatic heterocycles. The van der Waals surface area contributed by atoms with Gasteiger partial charge >= 0.3 is 0 Å². The van der Waals surface area contributed by atoms with Crippen molar-refractivity contribution in [3.63, 3.8) is 0 Å². The molecular weight excluding hydrogens is 176 g/mol. The fraction of sp³-hybridized carbons (Fsp3) is 0.900. The van der Waals surface area contributed by atoms with Crippen LogP contribution in [0.25, 0.3) is 0 Å². The average Bonchev–Trinajstić information content (AvgIpc) is 2.15. The molecule has 4 nitrogen and oxygen atoms in total. The lowest BCUT2D eigenvalue weighted by molar-refractivity contribution is 0.124. The first-order chi connectivity index (χ1) is 6.52. The molecule has 1 rings (SSSR count). The summed E-state index contributed by atoms with van der Waals surface area (Å²) in [6, 6.07) is 0.610. The summed E-state index contributed by atoms with van der Waals surface area (Å²) in [5.74, 6) is 0.265. The van der Waals surface area contributed by atoms with Crippen molar-refractivity contribution in [2.75, 3.05) is 27.2 Å². The van der Waals surface area contributed by atoms with Crippen molar-refractivity contribution in [1.82, 2.24) is 9.80 Å². The lowest BCUT2D eigenvalue weighted by Gasteiger charge is -2.38. The van der Waals surface area contributed by atoms with Gasteiger partial charge in [-0.1, -0.05) is 0 Å². The molecule has 14 heavy (non-hydrogen) atoms. The first-order valence-electron chi connectivity index (χ1n) is 5.26. The molecule has 1 heterocycles. The number of nitrogens with zero attached hydrogens (tertiary/aromatic N) is 2. The van der Waals surface area contributed by atoms with Crippen LogP contribution in [0.3, 0.4) is 0 Å². The van der Waals surface area contributed by atoms with Crippen molar-refractivity contribution >= 4 is 5.84 Å². The molecule has 0 aliphatic carbocycles. The Morgan fingerprint density at radius 2 is 2.29 bits per heavy atom. The van der Waals surface area contributed by atoms with E-state index in [1.54, 1.807) is 0 Å². The van der Waals surface area contributed by atoms with E-state index in [0.717, 1.165) is 6.54 Å². The van der Waals surface area contributed by atoms with Gasteiger partial charge in [0.15, 0.2) is 0 Å². The Kier molecular flexibility index (Phi) is 3.89. The molecule has 2 atom stereocenters. The average molecular weight is 198 g/mol. The Labute approximate surface area is 86.6 Å². The normalized spacial score (nSPS) is 26.4. The highest BCUT2D eigenvalue weighted by molar-refractivity contribution is 5.82. The SMILES string of the molecule is CC(C(=N)N)N(C)C1CCCN(C)C1. The summed E-state index contributed by atoms with van der Waals surface area (Å²) < 4.78 is 0. The van der Waals surface area contributed by atoms with Crippen LogP contribution in [0.2, 0.25) is 0 Å². The number of rotatable bonds is 3. The summed E-state index contributed by atoms with van der Waals surface area (Å²) >= 11 is 0. The number of amidine groups is 1. The zero-order valence-corrected chi connectivity index (χ0v) is 9.45. The van der Waals surface area contributed by atoms with Crippen LogP contribution in [0.1, 0.15) is 19.8 Å². The quantitative estimate of drug-likeness (QED) is 0.508. The Bertz CT molecular complexity index is 204. The zero-order chi connectivity index (χ0) is 10.7. The van der Waals surface area contributed by atoms with Gasteiger partial charge in [0.05, 0.1) is 6.04 Å². The molecule has 2 unspecified atom stereocenters. The monoisotopic (exact) mass is 198 g/mol. The number of nitrogens with two attached hydrogens (primary N) is 1. The minimum Gasteiger partial charge on any atom is -0.386 e. The van der Waals surface area contributed by atoms with Crippen molar-refractivity contribution < 1.29 is 0 Å². The van der Waals surface area contributed by atoms with E-state index < -0.39 is 0 Å². The third kappa shape index (κ3) is 2.69. The summed E-state index contributed by atoms with van der Waals surface area (Å²) in [4.78, 5) is 4.56. The van der Waals surface area contributed by atoms with Crippen LogP contribution >= 0.6 is 0 Å². The van der Waals surface area contributed by atoms with Gasteiger partial charge in [-0.15, -0.1) is 0 Å². The minimum atomic E-state index is 0.0616. The highest BCUT2D eigenvalue weighted by Crippen LogP contribution is 2.15. The summed E-state index contributed by atoms with van der Waals surface area (Å²) in [6.45, 7) is 4.28. The molecule has 0 aromatic rings. The molecule has 0 amide bonds. The molecule has 0 aromatic carbocycles. The van der Waals surface area contributed by atoms with Crippen LogP contribution in [0.5, 0.6) is 0 Å². The highest BCUT2D eigenvalue weighted by Gasteiger charge is 2.25. The van der Waals surface area contributed by atoms with Crippen molar-refractivity contribution in [1.29, 1.82) is 5.41 Å². The molecular formula is C10H22N4. The Morgan fingerprint density at radius 3 is 2.79 bits per heavy atom. The van der Waals surface area contributed by atoms with Crippen LogP contribution in [0.15, 0.2) is 0 Å². The summed E-state index contributed by atoms with van der Waals surface area (Å²) in [6.07, 6.45) is 2.47. The second-order valence-corrected chi connectivity index (χ2v) is 4.36. The maximum absolute atomic E-state index is 7.42. The second kappa shape index (κ2) is 4.75. The third-order valence-electron chi connectivity index (χ3n) is 3.24. The topological polar surface area (TPSA) is 56.4 Å². The maximum atomic E-state index is 7.42. The summed E-state index contributed by atoms with van der Waals surface area (Å²) in [5, 5.41) is 7.42. The molecule has 0 spiro atoms. The van der Waals surface area contributed by atoms with Gasteiger partial charge in [0.1, 0.15) is 5.84 Å². The van der Waals surface area contributed by atoms with E-state index in [4.69, 9.17) is 11.1 Å². The minimum absolute atomic E-state index is 0.0616. The van der Waals surface area contributed by atoms with Crippen LogP contribution < -0.4 is 5.73 Å². The largest absolute Gasteiger partial charge is 0.386 e. The number of hydrogen-bond donors (Lipinski definition) is 2. The smallest absolute Gasteiger partial charge is 0.108 e. The Balaban J connectivity index is 2.50. The predicted octanol–water partition coefficient (Wildman–Crippen LogP) is 0.337. The van der Waals surface area contributed by atoms with E-state index in [1.807, 2.05) is 6.92 Å². The van der Waals surface area contributed by atoms with Gasteiger partial charge in [-0.3, -0.25) is 10.3 Å². The van der Waals surface area contributed by atoms with Crippen LogP contribution in [0, 0.1) is 5.41 Å². The molecule has 1 fully saturated rings. The lowest BCUT2D eigenvalue weighted by atomic mass is 10.0. The third-order valence-corrected chi connectivity index (χ3v) is 3.24. The molecule has 1 aliphatic rings. The Hall–Kier alpha value is -0.610. The first-order valence-corrected chi connectivity index (χ1v) is 5.26. The van der Waals surface area contributed by atoms with Crippen molar-refractivity contribution in [3.05, 3.63) is 0 Å². The van der Waals surface area contributed by atoms with E-state index in [-0.39, 0.29) is 11.9 Å². The first kappa shape index (κ1) is 11.5. The fourth-order valence-corrected chi connectivity index (χ4v) is 2.01. The second-order valence-electron chi connectivity index (χ2n) is 4.36. The number of piperidine rings is 1. The van der Waals surface area contributed by atoms with Crippen molar-refractivity contribution in [2.24, 2.45) is 5.73 Å². The van der Waals surface area contributed by atoms with Crippen molar-refractivity contribution in [2.45, 2.75) is 31.8 Å². The molecule has 1 saturated heterocycles. The number of hydrogen-bond acceptors (Lipinski definition) is 3. The fourth-order valence-electron chi connectivity index (χ4n) is 2.01. The molecule has 0 aromatic heterocycles. The van der Waals surface area contributed by atoms with Crippen LogP contribution in [0.4, 0.5) is 0 Å². The summed E-state index contributed by atoms with van der Waals surface area (Å²) in [5.41, 5.74) is 5.51. The standard InChI is InChI=1S/C10H22N4/c1-8(10(11)12)14(3)9-5-4-6-13(2)7-9/h8-9H,4-7H2,1-3H3,(H3,11,12). The van der Waals surface area contributed by atoms with E-state index in [9.17, 15) is 0 Å². The van der Waals surface area contributed by atoms with E-state index >= 15 is 0 Å². The van der Waals surface area contributed by atoms with E-state index in [0.29, 0.717) is 6.04 Å². The molecule has 0 saturated carbocycles. The highest BCUT2D eigenvalue weighted by atomic mass is 15.2. The molecule has 0 bridgehead atoms. The van der Waals surface area contributed by atoms with Crippen molar-refractivity contribution in [3.8, 4) is 0 Å². The van der Waals surface area contributed by atoms with E-state index in [1.165, 1.54) is 19.4 Å². The number of likely N-dealkylation sites (tertiary alicyclic amines) is 1. The predicted molar refractivity (Wildman–Crippen MR) is 59.7 cm³/mol.